The van der Waals surface area contributed by atoms with Crippen LogP contribution in [0.5, 0.6) is 0 Å². The summed E-state index contributed by atoms with van der Waals surface area (Å²) in [6.07, 6.45) is 4.67. The largest absolute Gasteiger partial charge is 0.324 e. The first-order chi connectivity index (χ1) is 8.71. The van der Waals surface area contributed by atoms with Crippen LogP contribution in [0.3, 0.4) is 0 Å². The zero-order valence-electron chi connectivity index (χ0n) is 12.0. The molecule has 4 heteroatoms. The van der Waals surface area contributed by atoms with Gasteiger partial charge in [0, 0.05) is 12.6 Å². The van der Waals surface area contributed by atoms with E-state index in [2.05, 4.69) is 35.9 Å². The highest BCUT2D eigenvalue weighted by atomic mass is 16.2. The van der Waals surface area contributed by atoms with Gasteiger partial charge in [-0.2, -0.15) is 0 Å². The van der Waals surface area contributed by atoms with Crippen molar-refractivity contribution >= 4 is 5.91 Å². The van der Waals surface area contributed by atoms with Crippen molar-refractivity contribution in [2.75, 3.05) is 19.6 Å². The van der Waals surface area contributed by atoms with Crippen LogP contribution in [0.4, 0.5) is 0 Å². The fraction of sp³-hybridized carbons (Fsp3) is 0.929. The van der Waals surface area contributed by atoms with E-state index >= 15 is 0 Å². The summed E-state index contributed by atoms with van der Waals surface area (Å²) < 4.78 is 0. The molecule has 0 aromatic rings. The summed E-state index contributed by atoms with van der Waals surface area (Å²) >= 11 is 0. The van der Waals surface area contributed by atoms with Crippen molar-refractivity contribution in [3.05, 3.63) is 0 Å². The third kappa shape index (κ3) is 2.54. The summed E-state index contributed by atoms with van der Waals surface area (Å²) in [5.41, 5.74) is 0. The molecule has 0 spiro atoms. The van der Waals surface area contributed by atoms with Gasteiger partial charge < -0.3 is 4.90 Å². The van der Waals surface area contributed by atoms with E-state index in [-0.39, 0.29) is 12.2 Å². The number of nitrogens with one attached hydrogen (secondary N) is 1. The molecule has 18 heavy (non-hydrogen) atoms. The number of likely N-dealkylation sites (tertiary alicyclic amines) is 1. The van der Waals surface area contributed by atoms with Crippen LogP contribution in [0.1, 0.15) is 46.5 Å². The molecule has 0 aliphatic carbocycles. The van der Waals surface area contributed by atoms with Crippen molar-refractivity contribution < 1.29 is 4.79 Å². The van der Waals surface area contributed by atoms with Gasteiger partial charge in [-0.05, 0) is 38.8 Å². The molecule has 2 fully saturated rings. The zero-order chi connectivity index (χ0) is 13.1. The number of amides is 1. The van der Waals surface area contributed by atoms with Gasteiger partial charge in [0.2, 0.25) is 5.91 Å². The first-order valence-corrected chi connectivity index (χ1v) is 7.51. The molecule has 2 saturated heterocycles. The van der Waals surface area contributed by atoms with Crippen LogP contribution >= 0.6 is 0 Å². The molecule has 2 aliphatic heterocycles. The Morgan fingerprint density at radius 1 is 1.28 bits per heavy atom. The monoisotopic (exact) mass is 253 g/mol. The van der Waals surface area contributed by atoms with E-state index in [1.165, 1.54) is 19.4 Å². The normalized spacial score (nSPS) is 33.6. The lowest BCUT2D eigenvalue weighted by molar-refractivity contribution is -0.130. The second kappa shape index (κ2) is 6.02. The summed E-state index contributed by atoms with van der Waals surface area (Å²) in [6.45, 7) is 9.67. The molecule has 2 heterocycles. The summed E-state index contributed by atoms with van der Waals surface area (Å²) in [5, 5.41) is 3.45. The molecule has 3 atom stereocenters. The van der Waals surface area contributed by atoms with Crippen molar-refractivity contribution in [3.8, 4) is 0 Å². The molecule has 3 unspecified atom stereocenters. The predicted octanol–water partition coefficient (Wildman–Crippen LogP) is 1.42. The van der Waals surface area contributed by atoms with E-state index in [0.717, 1.165) is 25.9 Å². The van der Waals surface area contributed by atoms with E-state index in [9.17, 15) is 4.79 Å². The van der Waals surface area contributed by atoms with Gasteiger partial charge in [-0.25, -0.2) is 0 Å². The van der Waals surface area contributed by atoms with Crippen molar-refractivity contribution in [3.63, 3.8) is 0 Å². The number of carbonyl (C=O) groups excluding carboxylic acids is 1. The van der Waals surface area contributed by atoms with E-state index in [1.54, 1.807) is 0 Å². The Bertz CT molecular complexity index is 295. The van der Waals surface area contributed by atoms with E-state index in [4.69, 9.17) is 0 Å². The Balaban J connectivity index is 2.00. The fourth-order valence-electron chi connectivity index (χ4n) is 3.34. The SMILES string of the molecule is CCC1NC(CC)N(CC2CCCN2CC)C1=O. The molecule has 0 radical (unpaired) electrons. The third-order valence-corrected chi connectivity index (χ3v) is 4.46. The Labute approximate surface area is 111 Å². The number of hydrogen-bond donors (Lipinski definition) is 1. The van der Waals surface area contributed by atoms with Gasteiger partial charge in [-0.15, -0.1) is 0 Å². The molecule has 0 aromatic heterocycles. The third-order valence-electron chi connectivity index (χ3n) is 4.46. The van der Waals surface area contributed by atoms with Gasteiger partial charge >= 0.3 is 0 Å². The maximum absolute atomic E-state index is 12.3. The first kappa shape index (κ1) is 13.8. The topological polar surface area (TPSA) is 35.6 Å². The van der Waals surface area contributed by atoms with Gasteiger partial charge in [-0.3, -0.25) is 15.0 Å². The highest BCUT2D eigenvalue weighted by molar-refractivity contribution is 5.84. The summed E-state index contributed by atoms with van der Waals surface area (Å²) in [7, 11) is 0. The Morgan fingerprint density at radius 2 is 2.06 bits per heavy atom. The van der Waals surface area contributed by atoms with Crippen molar-refractivity contribution in [1.29, 1.82) is 0 Å². The molecule has 0 saturated carbocycles. The summed E-state index contributed by atoms with van der Waals surface area (Å²) in [5.74, 6) is 0.312. The van der Waals surface area contributed by atoms with Gasteiger partial charge in [0.1, 0.15) is 0 Å². The Kier molecular flexibility index (Phi) is 4.62. The quantitative estimate of drug-likeness (QED) is 0.805. The average molecular weight is 253 g/mol. The standard InChI is InChI=1S/C14H27N3O/c1-4-12-14(18)17(13(5-2)15-12)10-11-8-7-9-16(11)6-3/h11-13,15H,4-10H2,1-3H3. The average Bonchev–Trinajstić information content (AvgIpc) is 2.95. The number of hydrogen-bond acceptors (Lipinski definition) is 3. The number of likely N-dealkylation sites (N-methyl/N-ethyl adjacent to an activating group) is 1. The fourth-order valence-corrected chi connectivity index (χ4v) is 3.34. The molecule has 1 amide bonds. The van der Waals surface area contributed by atoms with E-state index in [0.29, 0.717) is 11.9 Å². The predicted molar refractivity (Wildman–Crippen MR) is 73.3 cm³/mol. The molecule has 4 nitrogen and oxygen atoms in total. The number of nitrogens with zero attached hydrogens (tertiary/aromatic N) is 2. The lowest BCUT2D eigenvalue weighted by Crippen LogP contribution is -2.45. The highest BCUT2D eigenvalue weighted by Gasteiger charge is 2.39. The van der Waals surface area contributed by atoms with Crippen molar-refractivity contribution in [2.24, 2.45) is 0 Å². The van der Waals surface area contributed by atoms with Crippen molar-refractivity contribution in [2.45, 2.75) is 64.7 Å². The van der Waals surface area contributed by atoms with Crippen LogP contribution < -0.4 is 5.32 Å². The second-order valence-corrected chi connectivity index (χ2v) is 5.47. The van der Waals surface area contributed by atoms with Crippen LogP contribution in [-0.4, -0.2) is 53.6 Å². The maximum atomic E-state index is 12.3. The Morgan fingerprint density at radius 3 is 2.67 bits per heavy atom. The molecule has 0 bridgehead atoms. The Hall–Kier alpha value is -0.610. The molecular weight excluding hydrogens is 226 g/mol. The van der Waals surface area contributed by atoms with E-state index < -0.39 is 0 Å². The molecule has 1 N–H and O–H groups in total. The van der Waals surface area contributed by atoms with Crippen molar-refractivity contribution in [1.82, 2.24) is 15.1 Å². The lowest BCUT2D eigenvalue weighted by atomic mass is 10.2. The van der Waals surface area contributed by atoms with Crippen LogP contribution in [-0.2, 0) is 4.79 Å². The minimum Gasteiger partial charge on any atom is -0.324 e. The lowest BCUT2D eigenvalue weighted by Gasteiger charge is -2.30. The van der Waals surface area contributed by atoms with Crippen LogP contribution in [0, 0.1) is 0 Å². The van der Waals surface area contributed by atoms with Crippen LogP contribution in [0.2, 0.25) is 0 Å². The van der Waals surface area contributed by atoms with Gasteiger partial charge in [-0.1, -0.05) is 20.8 Å². The van der Waals surface area contributed by atoms with Gasteiger partial charge in [0.25, 0.3) is 0 Å². The smallest absolute Gasteiger partial charge is 0.241 e. The maximum Gasteiger partial charge on any atom is 0.241 e. The second-order valence-electron chi connectivity index (χ2n) is 5.47. The minimum atomic E-state index is 0.0476. The molecule has 104 valence electrons. The minimum absolute atomic E-state index is 0.0476. The van der Waals surface area contributed by atoms with Crippen LogP contribution in [0.25, 0.3) is 0 Å². The highest BCUT2D eigenvalue weighted by Crippen LogP contribution is 2.22. The summed E-state index contributed by atoms with van der Waals surface area (Å²) in [6, 6.07) is 0.622. The molecule has 0 aromatic carbocycles. The zero-order valence-corrected chi connectivity index (χ0v) is 12.0. The summed E-state index contributed by atoms with van der Waals surface area (Å²) in [4.78, 5) is 16.9. The van der Waals surface area contributed by atoms with Gasteiger partial charge in [0.05, 0.1) is 12.2 Å². The first-order valence-electron chi connectivity index (χ1n) is 7.51. The van der Waals surface area contributed by atoms with Crippen LogP contribution in [0.15, 0.2) is 0 Å². The van der Waals surface area contributed by atoms with E-state index in [1.807, 2.05) is 0 Å². The number of carbonyl (C=O) groups is 1. The molecule has 2 rings (SSSR count). The van der Waals surface area contributed by atoms with Gasteiger partial charge in [0.15, 0.2) is 0 Å². The number of rotatable bonds is 5. The molecule has 2 aliphatic rings. The molecular formula is C14H27N3O.